The molecule has 0 bridgehead atoms. The quantitative estimate of drug-likeness (QED) is 0.835. The predicted molar refractivity (Wildman–Crippen MR) is 83.5 cm³/mol. The number of nitrogens with one attached hydrogen (secondary N) is 1. The van der Waals surface area contributed by atoms with E-state index in [2.05, 4.69) is 37.9 Å². The van der Waals surface area contributed by atoms with Crippen molar-refractivity contribution >= 4 is 0 Å². The van der Waals surface area contributed by atoms with Crippen LogP contribution in [0.5, 0.6) is 0 Å². The second-order valence-electron chi connectivity index (χ2n) is 7.86. The minimum atomic E-state index is 0.593. The SMILES string of the molecule is CC(C)N1CCCC(NC2CCC(C)(C)CC2)CC1. The fraction of sp³-hybridized carbons (Fsp3) is 1.00. The first kappa shape index (κ1) is 15.3. The van der Waals surface area contributed by atoms with Crippen LogP contribution in [0.25, 0.3) is 0 Å². The molecule has 1 aliphatic heterocycles. The highest BCUT2D eigenvalue weighted by atomic mass is 15.1. The summed E-state index contributed by atoms with van der Waals surface area (Å²) in [6.45, 7) is 12.1. The van der Waals surface area contributed by atoms with Gasteiger partial charge < -0.3 is 10.2 Å². The van der Waals surface area contributed by atoms with Crippen molar-refractivity contribution in [2.75, 3.05) is 13.1 Å². The minimum Gasteiger partial charge on any atom is -0.311 e. The molecule has 2 heteroatoms. The minimum absolute atomic E-state index is 0.593. The molecule has 2 nitrogen and oxygen atoms in total. The third-order valence-corrected chi connectivity index (χ3v) is 5.30. The van der Waals surface area contributed by atoms with Gasteiger partial charge in [-0.25, -0.2) is 0 Å². The number of hydrogen-bond acceptors (Lipinski definition) is 2. The molecular formula is C17H34N2. The van der Waals surface area contributed by atoms with Crippen LogP contribution in [-0.2, 0) is 0 Å². The maximum atomic E-state index is 3.97. The van der Waals surface area contributed by atoms with E-state index in [1.54, 1.807) is 0 Å². The average Bonchev–Trinajstić information content (AvgIpc) is 2.57. The molecular weight excluding hydrogens is 232 g/mol. The molecule has 1 saturated heterocycles. The van der Waals surface area contributed by atoms with Gasteiger partial charge in [-0.2, -0.15) is 0 Å². The lowest BCUT2D eigenvalue weighted by Crippen LogP contribution is -2.42. The zero-order valence-corrected chi connectivity index (χ0v) is 13.5. The monoisotopic (exact) mass is 266 g/mol. The van der Waals surface area contributed by atoms with Crippen LogP contribution < -0.4 is 5.32 Å². The Kier molecular flexibility index (Phi) is 5.30. The molecule has 2 rings (SSSR count). The molecule has 2 fully saturated rings. The summed E-state index contributed by atoms with van der Waals surface area (Å²) in [7, 11) is 0. The van der Waals surface area contributed by atoms with Crippen LogP contribution in [0.3, 0.4) is 0 Å². The summed E-state index contributed by atoms with van der Waals surface area (Å²) in [4.78, 5) is 2.64. The Morgan fingerprint density at radius 1 is 0.947 bits per heavy atom. The molecule has 0 aromatic heterocycles. The number of nitrogens with zero attached hydrogens (tertiary/aromatic N) is 1. The Morgan fingerprint density at radius 2 is 1.58 bits per heavy atom. The third kappa shape index (κ3) is 4.75. The second-order valence-corrected chi connectivity index (χ2v) is 7.86. The van der Waals surface area contributed by atoms with Crippen molar-refractivity contribution in [3.8, 4) is 0 Å². The standard InChI is InChI=1S/C17H34N2/c1-14(2)19-12-5-6-15(9-13-19)18-16-7-10-17(3,4)11-8-16/h14-16,18H,5-13H2,1-4H3. The summed E-state index contributed by atoms with van der Waals surface area (Å²) in [5.41, 5.74) is 0.593. The second kappa shape index (κ2) is 6.58. The highest BCUT2D eigenvalue weighted by Gasteiger charge is 2.28. The first-order chi connectivity index (χ1) is 8.96. The lowest BCUT2D eigenvalue weighted by atomic mass is 9.75. The van der Waals surface area contributed by atoms with Gasteiger partial charge in [-0.05, 0) is 77.3 Å². The summed E-state index contributed by atoms with van der Waals surface area (Å²) in [5.74, 6) is 0. The van der Waals surface area contributed by atoms with E-state index in [0.717, 1.165) is 12.1 Å². The number of likely N-dealkylation sites (tertiary alicyclic amines) is 1. The molecule has 0 radical (unpaired) electrons. The molecule has 0 amide bonds. The van der Waals surface area contributed by atoms with Crippen LogP contribution in [0.2, 0.25) is 0 Å². The molecule has 1 atom stereocenters. The van der Waals surface area contributed by atoms with Gasteiger partial charge in [0.15, 0.2) is 0 Å². The molecule has 112 valence electrons. The smallest absolute Gasteiger partial charge is 0.00823 e. The van der Waals surface area contributed by atoms with Crippen molar-refractivity contribution < 1.29 is 0 Å². The van der Waals surface area contributed by atoms with E-state index in [0.29, 0.717) is 11.5 Å². The van der Waals surface area contributed by atoms with Gasteiger partial charge in [-0.3, -0.25) is 0 Å². The summed E-state index contributed by atoms with van der Waals surface area (Å²) in [6, 6.07) is 2.29. The van der Waals surface area contributed by atoms with Crippen molar-refractivity contribution in [1.82, 2.24) is 10.2 Å². The topological polar surface area (TPSA) is 15.3 Å². The van der Waals surface area contributed by atoms with Gasteiger partial charge in [0.2, 0.25) is 0 Å². The van der Waals surface area contributed by atoms with Gasteiger partial charge in [-0.1, -0.05) is 13.8 Å². The average molecular weight is 266 g/mol. The van der Waals surface area contributed by atoms with Crippen molar-refractivity contribution in [3.05, 3.63) is 0 Å². The first-order valence-electron chi connectivity index (χ1n) is 8.46. The van der Waals surface area contributed by atoms with Crippen LogP contribution >= 0.6 is 0 Å². The number of rotatable bonds is 3. The van der Waals surface area contributed by atoms with E-state index in [1.807, 2.05) is 0 Å². The molecule has 0 spiro atoms. The maximum absolute atomic E-state index is 3.97. The highest BCUT2D eigenvalue weighted by Crippen LogP contribution is 2.35. The zero-order valence-electron chi connectivity index (χ0n) is 13.5. The van der Waals surface area contributed by atoms with E-state index >= 15 is 0 Å². The summed E-state index contributed by atoms with van der Waals surface area (Å²) in [6.07, 6.45) is 9.66. The summed E-state index contributed by atoms with van der Waals surface area (Å²) in [5, 5.41) is 3.97. The molecule has 1 unspecified atom stereocenters. The van der Waals surface area contributed by atoms with E-state index in [-0.39, 0.29) is 0 Å². The van der Waals surface area contributed by atoms with Gasteiger partial charge in [0.1, 0.15) is 0 Å². The van der Waals surface area contributed by atoms with Crippen LogP contribution in [0.4, 0.5) is 0 Å². The Bertz CT molecular complexity index is 262. The Hall–Kier alpha value is -0.0800. The maximum Gasteiger partial charge on any atom is 0.00823 e. The molecule has 1 aliphatic carbocycles. The van der Waals surface area contributed by atoms with Crippen molar-refractivity contribution in [1.29, 1.82) is 0 Å². The molecule has 1 N–H and O–H groups in total. The van der Waals surface area contributed by atoms with Crippen molar-refractivity contribution in [2.45, 2.75) is 90.8 Å². The summed E-state index contributed by atoms with van der Waals surface area (Å²) < 4.78 is 0. The zero-order chi connectivity index (χ0) is 13.9. The Balaban J connectivity index is 1.74. The lowest BCUT2D eigenvalue weighted by molar-refractivity contribution is 0.192. The van der Waals surface area contributed by atoms with Crippen molar-refractivity contribution in [2.24, 2.45) is 5.41 Å². The van der Waals surface area contributed by atoms with Crippen molar-refractivity contribution in [3.63, 3.8) is 0 Å². The molecule has 1 saturated carbocycles. The van der Waals surface area contributed by atoms with Gasteiger partial charge >= 0.3 is 0 Å². The van der Waals surface area contributed by atoms with E-state index < -0.39 is 0 Å². The van der Waals surface area contributed by atoms with E-state index in [4.69, 9.17) is 0 Å². The lowest BCUT2D eigenvalue weighted by Gasteiger charge is -2.36. The van der Waals surface area contributed by atoms with Gasteiger partial charge in [-0.15, -0.1) is 0 Å². The fourth-order valence-electron chi connectivity index (χ4n) is 3.70. The van der Waals surface area contributed by atoms with E-state index in [1.165, 1.54) is 58.0 Å². The van der Waals surface area contributed by atoms with Crippen LogP contribution in [0, 0.1) is 5.41 Å². The molecule has 19 heavy (non-hydrogen) atoms. The predicted octanol–water partition coefficient (Wildman–Crippen LogP) is 3.81. The highest BCUT2D eigenvalue weighted by molar-refractivity contribution is 4.85. The van der Waals surface area contributed by atoms with E-state index in [9.17, 15) is 0 Å². The Morgan fingerprint density at radius 3 is 2.21 bits per heavy atom. The van der Waals surface area contributed by atoms with Gasteiger partial charge in [0.05, 0.1) is 0 Å². The fourth-order valence-corrected chi connectivity index (χ4v) is 3.70. The summed E-state index contributed by atoms with van der Waals surface area (Å²) >= 11 is 0. The Labute approximate surface area is 120 Å². The van der Waals surface area contributed by atoms with Crippen LogP contribution in [0.1, 0.15) is 72.6 Å². The molecule has 0 aromatic rings. The van der Waals surface area contributed by atoms with Crippen LogP contribution in [0.15, 0.2) is 0 Å². The number of hydrogen-bond donors (Lipinski definition) is 1. The van der Waals surface area contributed by atoms with Crippen LogP contribution in [-0.4, -0.2) is 36.1 Å². The molecule has 1 heterocycles. The van der Waals surface area contributed by atoms with Gasteiger partial charge in [0, 0.05) is 18.1 Å². The largest absolute Gasteiger partial charge is 0.311 e. The first-order valence-corrected chi connectivity index (χ1v) is 8.46. The molecule has 2 aliphatic rings. The molecule has 0 aromatic carbocycles. The normalized spacial score (nSPS) is 30.5. The van der Waals surface area contributed by atoms with Gasteiger partial charge in [0.25, 0.3) is 0 Å². The third-order valence-electron chi connectivity index (χ3n) is 5.30.